The highest BCUT2D eigenvalue weighted by atomic mass is 16.5. The molecule has 1 saturated carbocycles. The zero-order valence-electron chi connectivity index (χ0n) is 17.1. The van der Waals surface area contributed by atoms with Gasteiger partial charge in [-0.05, 0) is 43.5 Å². The van der Waals surface area contributed by atoms with Gasteiger partial charge < -0.3 is 9.84 Å². The second-order valence-electron chi connectivity index (χ2n) is 7.75. The van der Waals surface area contributed by atoms with E-state index < -0.39 is 6.04 Å². The molecule has 0 aliphatic heterocycles. The number of carbonyl (C=O) groups is 1. The van der Waals surface area contributed by atoms with Crippen LogP contribution in [0.3, 0.4) is 0 Å². The molecule has 0 saturated heterocycles. The Kier molecular flexibility index (Phi) is 5.03. The fraction of sp³-hybridized carbons (Fsp3) is 0.261. The first-order chi connectivity index (χ1) is 15.2. The van der Waals surface area contributed by atoms with Gasteiger partial charge in [0.25, 0.3) is 5.91 Å². The SMILES string of the molecule is C[C@H](NC(=O)c1ccnn1Cc1ccccc1)c1nc(-c2ccnc(C3CC3)c2)no1. The molecule has 8 heteroatoms. The lowest BCUT2D eigenvalue weighted by atomic mass is 10.2. The largest absolute Gasteiger partial charge is 0.339 e. The molecule has 1 N–H and O–H groups in total. The summed E-state index contributed by atoms with van der Waals surface area (Å²) in [6.45, 7) is 2.33. The molecular formula is C23H22N6O2. The molecule has 156 valence electrons. The first-order valence-electron chi connectivity index (χ1n) is 10.3. The minimum atomic E-state index is -0.446. The molecule has 1 aromatic carbocycles. The van der Waals surface area contributed by atoms with E-state index in [9.17, 15) is 4.79 Å². The zero-order chi connectivity index (χ0) is 21.2. The Labute approximate surface area is 179 Å². The zero-order valence-corrected chi connectivity index (χ0v) is 17.1. The highest BCUT2D eigenvalue weighted by molar-refractivity contribution is 5.92. The lowest BCUT2D eigenvalue weighted by molar-refractivity contribution is 0.0922. The van der Waals surface area contributed by atoms with Crippen LogP contribution in [0.5, 0.6) is 0 Å². The third kappa shape index (κ3) is 4.23. The van der Waals surface area contributed by atoms with Gasteiger partial charge >= 0.3 is 0 Å². The van der Waals surface area contributed by atoms with Crippen LogP contribution in [0, 0.1) is 0 Å². The molecule has 1 amide bonds. The molecule has 1 fully saturated rings. The van der Waals surface area contributed by atoms with Crippen molar-refractivity contribution in [1.29, 1.82) is 0 Å². The molecule has 0 radical (unpaired) electrons. The number of aromatic nitrogens is 5. The predicted molar refractivity (Wildman–Crippen MR) is 113 cm³/mol. The number of amides is 1. The molecule has 1 atom stereocenters. The first-order valence-corrected chi connectivity index (χ1v) is 10.3. The molecule has 0 spiro atoms. The Balaban J connectivity index is 1.28. The van der Waals surface area contributed by atoms with E-state index in [2.05, 4.69) is 25.5 Å². The predicted octanol–water partition coefficient (Wildman–Crippen LogP) is 3.74. The van der Waals surface area contributed by atoms with E-state index >= 15 is 0 Å². The lowest BCUT2D eigenvalue weighted by Gasteiger charge is -2.11. The number of hydrogen-bond donors (Lipinski definition) is 1. The smallest absolute Gasteiger partial charge is 0.270 e. The summed E-state index contributed by atoms with van der Waals surface area (Å²) in [6.07, 6.45) is 5.75. The summed E-state index contributed by atoms with van der Waals surface area (Å²) in [5, 5.41) is 11.3. The standard InChI is InChI=1S/C23H22N6O2/c1-15(23-27-21(28-31-23)18-9-11-24-19(13-18)17-7-8-17)26-22(30)20-10-12-25-29(20)14-16-5-3-2-4-6-16/h2-6,9-13,15,17H,7-8,14H2,1H3,(H,26,30)/t15-/m0/s1. The molecule has 4 aromatic rings. The van der Waals surface area contributed by atoms with Gasteiger partial charge in [-0.2, -0.15) is 10.1 Å². The van der Waals surface area contributed by atoms with Crippen LogP contribution in [0.2, 0.25) is 0 Å². The summed E-state index contributed by atoms with van der Waals surface area (Å²) in [5.41, 5.74) is 3.47. The number of hydrogen-bond acceptors (Lipinski definition) is 6. The Hall–Kier alpha value is -3.81. The maximum absolute atomic E-state index is 12.8. The van der Waals surface area contributed by atoms with Gasteiger partial charge in [-0.25, -0.2) is 0 Å². The number of carbonyl (C=O) groups excluding carboxylic acids is 1. The van der Waals surface area contributed by atoms with Crippen molar-refractivity contribution in [2.24, 2.45) is 0 Å². The van der Waals surface area contributed by atoms with Crippen LogP contribution in [-0.4, -0.2) is 30.8 Å². The Morgan fingerprint density at radius 2 is 2.03 bits per heavy atom. The van der Waals surface area contributed by atoms with Crippen molar-refractivity contribution >= 4 is 5.91 Å². The Bertz CT molecular complexity index is 1200. The van der Waals surface area contributed by atoms with Crippen LogP contribution in [0.25, 0.3) is 11.4 Å². The van der Waals surface area contributed by atoms with E-state index in [1.165, 1.54) is 12.8 Å². The van der Waals surface area contributed by atoms with Crippen molar-refractivity contribution in [2.45, 2.75) is 38.3 Å². The fourth-order valence-electron chi connectivity index (χ4n) is 3.46. The summed E-state index contributed by atoms with van der Waals surface area (Å²) < 4.78 is 7.10. The van der Waals surface area contributed by atoms with Gasteiger partial charge in [0, 0.05) is 29.6 Å². The van der Waals surface area contributed by atoms with E-state index in [0.717, 1.165) is 16.8 Å². The third-order valence-corrected chi connectivity index (χ3v) is 5.32. The van der Waals surface area contributed by atoms with Gasteiger partial charge in [0.2, 0.25) is 11.7 Å². The Morgan fingerprint density at radius 3 is 2.84 bits per heavy atom. The molecule has 3 aromatic heterocycles. The van der Waals surface area contributed by atoms with Gasteiger partial charge in [-0.15, -0.1) is 0 Å². The van der Waals surface area contributed by atoms with Crippen LogP contribution in [0.1, 0.15) is 59.4 Å². The second kappa shape index (κ2) is 8.14. The molecular weight excluding hydrogens is 392 g/mol. The molecule has 3 heterocycles. The number of nitrogens with zero attached hydrogens (tertiary/aromatic N) is 5. The molecule has 0 bridgehead atoms. The quantitative estimate of drug-likeness (QED) is 0.495. The van der Waals surface area contributed by atoms with E-state index in [4.69, 9.17) is 4.52 Å². The minimum Gasteiger partial charge on any atom is -0.339 e. The molecule has 8 nitrogen and oxygen atoms in total. The van der Waals surface area contributed by atoms with Crippen molar-refractivity contribution in [3.8, 4) is 11.4 Å². The van der Waals surface area contributed by atoms with E-state index in [1.54, 1.807) is 23.1 Å². The first kappa shape index (κ1) is 19.2. The van der Waals surface area contributed by atoms with Crippen LogP contribution < -0.4 is 5.32 Å². The number of benzene rings is 1. The molecule has 0 unspecified atom stereocenters. The monoisotopic (exact) mass is 414 g/mol. The van der Waals surface area contributed by atoms with Gasteiger partial charge in [0.05, 0.1) is 6.54 Å². The van der Waals surface area contributed by atoms with Crippen LogP contribution >= 0.6 is 0 Å². The van der Waals surface area contributed by atoms with Crippen LogP contribution in [0.4, 0.5) is 0 Å². The summed E-state index contributed by atoms with van der Waals surface area (Å²) >= 11 is 0. The number of rotatable bonds is 7. The van der Waals surface area contributed by atoms with Gasteiger partial charge in [0.15, 0.2) is 0 Å². The van der Waals surface area contributed by atoms with Crippen molar-refractivity contribution < 1.29 is 9.32 Å². The van der Waals surface area contributed by atoms with Crippen molar-refractivity contribution in [3.05, 3.63) is 83.8 Å². The average molecular weight is 414 g/mol. The lowest BCUT2D eigenvalue weighted by Crippen LogP contribution is -2.29. The summed E-state index contributed by atoms with van der Waals surface area (Å²) in [5.74, 6) is 1.14. The van der Waals surface area contributed by atoms with E-state index in [-0.39, 0.29) is 5.91 Å². The van der Waals surface area contributed by atoms with Crippen molar-refractivity contribution in [2.75, 3.05) is 0 Å². The van der Waals surface area contributed by atoms with Gasteiger partial charge in [-0.1, -0.05) is 35.5 Å². The molecule has 31 heavy (non-hydrogen) atoms. The summed E-state index contributed by atoms with van der Waals surface area (Å²) in [4.78, 5) is 21.7. The topological polar surface area (TPSA) is 98.7 Å². The second-order valence-corrected chi connectivity index (χ2v) is 7.75. The number of pyridine rings is 1. The molecule has 1 aliphatic rings. The number of nitrogens with one attached hydrogen (secondary N) is 1. The van der Waals surface area contributed by atoms with Crippen LogP contribution in [0.15, 0.2) is 65.4 Å². The third-order valence-electron chi connectivity index (χ3n) is 5.32. The average Bonchev–Trinajstić information content (AvgIpc) is 3.34. The fourth-order valence-corrected chi connectivity index (χ4v) is 3.46. The maximum atomic E-state index is 12.8. The molecule has 5 rings (SSSR count). The van der Waals surface area contributed by atoms with E-state index in [0.29, 0.717) is 29.9 Å². The van der Waals surface area contributed by atoms with Crippen LogP contribution in [-0.2, 0) is 6.54 Å². The van der Waals surface area contributed by atoms with Crippen molar-refractivity contribution in [3.63, 3.8) is 0 Å². The summed E-state index contributed by atoms with van der Waals surface area (Å²) in [7, 11) is 0. The van der Waals surface area contributed by atoms with Gasteiger partial charge in [0.1, 0.15) is 11.7 Å². The van der Waals surface area contributed by atoms with E-state index in [1.807, 2.05) is 49.4 Å². The highest BCUT2D eigenvalue weighted by Gasteiger charge is 2.26. The van der Waals surface area contributed by atoms with Crippen molar-refractivity contribution in [1.82, 2.24) is 30.2 Å². The summed E-state index contributed by atoms with van der Waals surface area (Å²) in [6, 6.07) is 15.0. The Morgan fingerprint density at radius 1 is 1.19 bits per heavy atom. The molecule has 1 aliphatic carbocycles. The maximum Gasteiger partial charge on any atom is 0.270 e. The minimum absolute atomic E-state index is 0.249. The normalized spacial score (nSPS) is 14.4. The highest BCUT2D eigenvalue weighted by Crippen LogP contribution is 2.39. The van der Waals surface area contributed by atoms with Gasteiger partial charge in [-0.3, -0.25) is 14.5 Å².